The van der Waals surface area contributed by atoms with Gasteiger partial charge >= 0.3 is 0 Å². The van der Waals surface area contributed by atoms with Gasteiger partial charge < -0.3 is 5.32 Å². The quantitative estimate of drug-likeness (QED) is 0.470. The average molecular weight is 179 g/mol. The molecule has 4 N–H and O–H groups in total. The van der Waals surface area contributed by atoms with E-state index in [1.807, 2.05) is 24.3 Å². The fourth-order valence-electron chi connectivity index (χ4n) is 1.03. The summed E-state index contributed by atoms with van der Waals surface area (Å²) in [5.74, 6) is 5.09. The summed E-state index contributed by atoms with van der Waals surface area (Å²) in [6, 6.07) is 7.50. The number of nitrogens with one attached hydrogen (secondary N) is 2. The third-order valence-corrected chi connectivity index (χ3v) is 1.58. The minimum absolute atomic E-state index is 0.0651. The fraction of sp³-hybridized carbons (Fsp3) is 0.222. The molecular weight excluding hydrogens is 166 g/mol. The van der Waals surface area contributed by atoms with E-state index in [0.717, 1.165) is 11.3 Å². The lowest BCUT2D eigenvalue weighted by molar-refractivity contribution is -0.114. The zero-order valence-corrected chi connectivity index (χ0v) is 7.50. The first-order valence-corrected chi connectivity index (χ1v) is 4.02. The Labute approximate surface area is 77.1 Å². The maximum Gasteiger partial charge on any atom is 0.221 e. The first-order valence-electron chi connectivity index (χ1n) is 4.02. The highest BCUT2D eigenvalue weighted by Gasteiger charge is 1.94. The van der Waals surface area contributed by atoms with Gasteiger partial charge in [-0.2, -0.15) is 0 Å². The van der Waals surface area contributed by atoms with Crippen molar-refractivity contribution in [1.29, 1.82) is 0 Å². The molecule has 1 rings (SSSR count). The van der Waals surface area contributed by atoms with Crippen LogP contribution in [-0.4, -0.2) is 5.91 Å². The van der Waals surface area contributed by atoms with E-state index in [2.05, 4.69) is 10.7 Å². The van der Waals surface area contributed by atoms with E-state index < -0.39 is 0 Å². The Morgan fingerprint density at radius 2 is 2.00 bits per heavy atom. The van der Waals surface area contributed by atoms with Gasteiger partial charge in [-0.3, -0.25) is 16.1 Å². The van der Waals surface area contributed by atoms with E-state index in [-0.39, 0.29) is 5.91 Å². The number of hydrogen-bond acceptors (Lipinski definition) is 3. The molecule has 0 aliphatic carbocycles. The maximum absolute atomic E-state index is 10.7. The van der Waals surface area contributed by atoms with Gasteiger partial charge in [0.1, 0.15) is 0 Å². The van der Waals surface area contributed by atoms with Gasteiger partial charge in [0.05, 0.1) is 0 Å². The second-order valence-electron chi connectivity index (χ2n) is 2.76. The lowest BCUT2D eigenvalue weighted by atomic mass is 10.2. The van der Waals surface area contributed by atoms with E-state index in [4.69, 9.17) is 5.84 Å². The molecule has 0 aliphatic rings. The summed E-state index contributed by atoms with van der Waals surface area (Å²) in [5, 5.41) is 2.68. The van der Waals surface area contributed by atoms with Gasteiger partial charge in [-0.05, 0) is 17.7 Å². The lowest BCUT2D eigenvalue weighted by Crippen LogP contribution is -2.20. The highest BCUT2D eigenvalue weighted by Crippen LogP contribution is 2.08. The number of rotatable bonds is 3. The van der Waals surface area contributed by atoms with E-state index in [1.165, 1.54) is 6.92 Å². The van der Waals surface area contributed by atoms with E-state index in [9.17, 15) is 4.79 Å². The Kier molecular flexibility index (Phi) is 3.42. The average Bonchev–Trinajstić information content (AvgIpc) is 2.08. The van der Waals surface area contributed by atoms with Crippen LogP contribution in [0.25, 0.3) is 0 Å². The number of benzene rings is 1. The molecule has 13 heavy (non-hydrogen) atoms. The van der Waals surface area contributed by atoms with Crippen LogP contribution in [0.5, 0.6) is 0 Å². The Bertz CT molecular complexity index is 281. The molecule has 0 aliphatic heterocycles. The molecule has 0 unspecified atom stereocenters. The van der Waals surface area contributed by atoms with Gasteiger partial charge in [0.2, 0.25) is 5.91 Å². The summed E-state index contributed by atoms with van der Waals surface area (Å²) in [6.07, 6.45) is 0. The van der Waals surface area contributed by atoms with Crippen LogP contribution in [0.4, 0.5) is 5.69 Å². The summed E-state index contributed by atoms with van der Waals surface area (Å²) < 4.78 is 0. The van der Waals surface area contributed by atoms with Gasteiger partial charge in [0.15, 0.2) is 0 Å². The number of carbonyl (C=O) groups excluding carboxylic acids is 1. The first-order chi connectivity index (χ1) is 6.22. The van der Waals surface area contributed by atoms with Crippen molar-refractivity contribution < 1.29 is 4.79 Å². The van der Waals surface area contributed by atoms with Crippen molar-refractivity contribution in [3.05, 3.63) is 29.8 Å². The highest BCUT2D eigenvalue weighted by molar-refractivity contribution is 5.88. The molecule has 0 aromatic heterocycles. The number of anilines is 1. The minimum atomic E-state index is -0.0651. The van der Waals surface area contributed by atoms with Crippen LogP contribution in [0, 0.1) is 0 Å². The summed E-state index contributed by atoms with van der Waals surface area (Å²) in [4.78, 5) is 10.7. The molecule has 0 bridgehead atoms. The fourth-order valence-corrected chi connectivity index (χ4v) is 1.03. The van der Waals surface area contributed by atoms with Crippen molar-refractivity contribution in [3.63, 3.8) is 0 Å². The molecular formula is C9H13N3O. The van der Waals surface area contributed by atoms with E-state index in [0.29, 0.717) is 6.54 Å². The van der Waals surface area contributed by atoms with Gasteiger partial charge in [0, 0.05) is 19.2 Å². The molecule has 0 spiro atoms. The molecule has 0 saturated heterocycles. The number of carbonyl (C=O) groups is 1. The summed E-state index contributed by atoms with van der Waals surface area (Å²) in [7, 11) is 0. The Morgan fingerprint density at radius 1 is 1.38 bits per heavy atom. The molecule has 4 heteroatoms. The maximum atomic E-state index is 10.7. The molecule has 70 valence electrons. The second kappa shape index (κ2) is 4.59. The lowest BCUT2D eigenvalue weighted by Gasteiger charge is -2.03. The van der Waals surface area contributed by atoms with Crippen LogP contribution in [0.3, 0.4) is 0 Å². The molecule has 1 aromatic carbocycles. The molecule has 1 aromatic rings. The zero-order valence-electron chi connectivity index (χ0n) is 7.50. The van der Waals surface area contributed by atoms with Crippen molar-refractivity contribution in [2.24, 2.45) is 5.84 Å². The van der Waals surface area contributed by atoms with Crippen molar-refractivity contribution in [1.82, 2.24) is 5.43 Å². The Morgan fingerprint density at radius 3 is 2.46 bits per heavy atom. The standard InChI is InChI=1S/C9H13N3O/c1-7(13)12-9-4-2-8(3-5-9)6-11-10/h2-5,11H,6,10H2,1H3,(H,12,13). The van der Waals surface area contributed by atoms with Crippen LogP contribution in [0.2, 0.25) is 0 Å². The number of nitrogens with two attached hydrogens (primary N) is 1. The van der Waals surface area contributed by atoms with Gasteiger partial charge in [0.25, 0.3) is 0 Å². The summed E-state index contributed by atoms with van der Waals surface area (Å²) >= 11 is 0. The first kappa shape index (κ1) is 9.70. The molecule has 0 radical (unpaired) electrons. The third kappa shape index (κ3) is 3.23. The van der Waals surface area contributed by atoms with Crippen LogP contribution < -0.4 is 16.6 Å². The van der Waals surface area contributed by atoms with Crippen LogP contribution in [0.1, 0.15) is 12.5 Å². The van der Waals surface area contributed by atoms with Crippen LogP contribution >= 0.6 is 0 Å². The SMILES string of the molecule is CC(=O)Nc1ccc(CNN)cc1. The second-order valence-corrected chi connectivity index (χ2v) is 2.76. The molecule has 0 heterocycles. The zero-order chi connectivity index (χ0) is 9.68. The predicted octanol–water partition coefficient (Wildman–Crippen LogP) is 0.608. The normalized spacial score (nSPS) is 9.69. The molecule has 1 amide bonds. The highest BCUT2D eigenvalue weighted by atomic mass is 16.1. The van der Waals surface area contributed by atoms with Crippen LogP contribution in [-0.2, 0) is 11.3 Å². The monoisotopic (exact) mass is 179 g/mol. The van der Waals surface area contributed by atoms with Gasteiger partial charge in [-0.15, -0.1) is 0 Å². The molecule has 0 atom stereocenters. The predicted molar refractivity (Wildman–Crippen MR) is 51.8 cm³/mol. The number of amides is 1. The number of hydrazine groups is 1. The van der Waals surface area contributed by atoms with Crippen molar-refractivity contribution in [2.45, 2.75) is 13.5 Å². The van der Waals surface area contributed by atoms with E-state index >= 15 is 0 Å². The summed E-state index contributed by atoms with van der Waals surface area (Å²) in [5.41, 5.74) is 4.44. The molecule has 0 fully saturated rings. The van der Waals surface area contributed by atoms with Crippen molar-refractivity contribution in [3.8, 4) is 0 Å². The van der Waals surface area contributed by atoms with Crippen molar-refractivity contribution >= 4 is 11.6 Å². The van der Waals surface area contributed by atoms with Crippen LogP contribution in [0.15, 0.2) is 24.3 Å². The number of hydrogen-bond donors (Lipinski definition) is 3. The summed E-state index contributed by atoms with van der Waals surface area (Å²) in [6.45, 7) is 2.11. The minimum Gasteiger partial charge on any atom is -0.326 e. The topological polar surface area (TPSA) is 67.2 Å². The van der Waals surface area contributed by atoms with Gasteiger partial charge in [-0.25, -0.2) is 0 Å². The molecule has 4 nitrogen and oxygen atoms in total. The third-order valence-electron chi connectivity index (χ3n) is 1.58. The molecule has 0 saturated carbocycles. The van der Waals surface area contributed by atoms with E-state index in [1.54, 1.807) is 0 Å². The Balaban J connectivity index is 2.64. The largest absolute Gasteiger partial charge is 0.326 e. The van der Waals surface area contributed by atoms with Crippen molar-refractivity contribution in [2.75, 3.05) is 5.32 Å². The van der Waals surface area contributed by atoms with Gasteiger partial charge in [-0.1, -0.05) is 12.1 Å². The smallest absolute Gasteiger partial charge is 0.221 e. The Hall–Kier alpha value is -1.39.